The predicted octanol–water partition coefficient (Wildman–Crippen LogP) is 1.49. The molecule has 1 aromatic heterocycles. The molecule has 2 saturated heterocycles. The van der Waals surface area contributed by atoms with Crippen LogP contribution >= 0.6 is 0 Å². The van der Waals surface area contributed by atoms with Crippen LogP contribution in [0.1, 0.15) is 18.4 Å². The number of fused-ring (bicyclic) bond motifs is 2. The molecule has 3 heterocycles. The lowest BCUT2D eigenvalue weighted by atomic mass is 10.2. The molecule has 2 atom stereocenters. The van der Waals surface area contributed by atoms with E-state index in [2.05, 4.69) is 21.3 Å². The van der Waals surface area contributed by atoms with Gasteiger partial charge < -0.3 is 10.1 Å². The van der Waals surface area contributed by atoms with E-state index in [1.807, 2.05) is 19.3 Å². The summed E-state index contributed by atoms with van der Waals surface area (Å²) in [5, 5.41) is 3.04. The number of ether oxygens (including phenoxy) is 1. The summed E-state index contributed by atoms with van der Waals surface area (Å²) in [7, 11) is 1.89. The molecule has 2 unspecified atom stereocenters. The second-order valence-corrected chi connectivity index (χ2v) is 4.95. The average molecular weight is 233 g/mol. The summed E-state index contributed by atoms with van der Waals surface area (Å²) < 4.78 is 5.83. The smallest absolute Gasteiger partial charge is 0.125 e. The number of nitrogens with zero attached hydrogens (tertiary/aromatic N) is 2. The highest BCUT2D eigenvalue weighted by Crippen LogP contribution is 2.27. The van der Waals surface area contributed by atoms with E-state index in [-0.39, 0.29) is 0 Å². The van der Waals surface area contributed by atoms with E-state index >= 15 is 0 Å². The van der Waals surface area contributed by atoms with Gasteiger partial charge in [0.1, 0.15) is 5.82 Å². The maximum atomic E-state index is 5.83. The Hall–Kier alpha value is -1.13. The van der Waals surface area contributed by atoms with Crippen molar-refractivity contribution in [3.05, 3.63) is 23.9 Å². The number of anilines is 1. The van der Waals surface area contributed by atoms with Gasteiger partial charge in [-0.3, -0.25) is 4.90 Å². The highest BCUT2D eigenvalue weighted by Gasteiger charge is 2.33. The van der Waals surface area contributed by atoms with Crippen LogP contribution in [0.25, 0.3) is 0 Å². The number of hydrogen-bond donors (Lipinski definition) is 1. The standard InChI is InChI=1S/C13H19N3O/c1-14-13-5-2-10(6-15-13)7-16-8-11-3-4-12(9-16)17-11/h2,5-6,11-12H,3-4,7-9H2,1H3,(H,14,15). The van der Waals surface area contributed by atoms with E-state index in [4.69, 9.17) is 4.74 Å². The van der Waals surface area contributed by atoms with Gasteiger partial charge in [0.2, 0.25) is 0 Å². The van der Waals surface area contributed by atoms with Crippen molar-refractivity contribution in [1.82, 2.24) is 9.88 Å². The first-order chi connectivity index (χ1) is 8.33. The zero-order valence-corrected chi connectivity index (χ0v) is 10.2. The minimum atomic E-state index is 0.471. The first kappa shape index (κ1) is 11.0. The van der Waals surface area contributed by atoms with E-state index in [1.54, 1.807) is 0 Å². The van der Waals surface area contributed by atoms with Crippen molar-refractivity contribution in [3.8, 4) is 0 Å². The van der Waals surface area contributed by atoms with Gasteiger partial charge in [0.25, 0.3) is 0 Å². The molecule has 0 aliphatic carbocycles. The van der Waals surface area contributed by atoms with Crippen molar-refractivity contribution in [2.24, 2.45) is 0 Å². The van der Waals surface area contributed by atoms with Crippen LogP contribution < -0.4 is 5.32 Å². The zero-order chi connectivity index (χ0) is 11.7. The van der Waals surface area contributed by atoms with E-state index in [9.17, 15) is 0 Å². The number of nitrogens with one attached hydrogen (secondary N) is 1. The van der Waals surface area contributed by atoms with Gasteiger partial charge in [-0.2, -0.15) is 0 Å². The summed E-state index contributed by atoms with van der Waals surface area (Å²) in [5.41, 5.74) is 1.28. The van der Waals surface area contributed by atoms with Crippen molar-refractivity contribution in [1.29, 1.82) is 0 Å². The molecule has 0 spiro atoms. The molecule has 0 saturated carbocycles. The second-order valence-electron chi connectivity index (χ2n) is 4.95. The van der Waals surface area contributed by atoms with E-state index < -0.39 is 0 Å². The second kappa shape index (κ2) is 4.63. The van der Waals surface area contributed by atoms with Crippen LogP contribution in [0.15, 0.2) is 18.3 Å². The lowest BCUT2D eigenvalue weighted by Crippen LogP contribution is -2.41. The highest BCUT2D eigenvalue weighted by molar-refractivity contribution is 5.34. The maximum absolute atomic E-state index is 5.83. The Labute approximate surface area is 102 Å². The lowest BCUT2D eigenvalue weighted by Gasteiger charge is -2.31. The van der Waals surface area contributed by atoms with Crippen LogP contribution in [-0.2, 0) is 11.3 Å². The minimum absolute atomic E-state index is 0.471. The zero-order valence-electron chi connectivity index (χ0n) is 10.2. The highest BCUT2D eigenvalue weighted by atomic mass is 16.5. The van der Waals surface area contributed by atoms with Crippen molar-refractivity contribution < 1.29 is 4.74 Å². The van der Waals surface area contributed by atoms with Crippen LogP contribution in [0.4, 0.5) is 5.82 Å². The van der Waals surface area contributed by atoms with Gasteiger partial charge in [0, 0.05) is 32.9 Å². The molecule has 17 heavy (non-hydrogen) atoms. The van der Waals surface area contributed by atoms with E-state index in [1.165, 1.54) is 18.4 Å². The van der Waals surface area contributed by atoms with Gasteiger partial charge in [0.15, 0.2) is 0 Å². The van der Waals surface area contributed by atoms with Gasteiger partial charge in [-0.1, -0.05) is 6.07 Å². The SMILES string of the molecule is CNc1ccc(CN2CC3CCC(C2)O3)cn1. The average Bonchev–Trinajstić information content (AvgIpc) is 2.70. The normalized spacial score (nSPS) is 28.3. The molecule has 2 aliphatic heterocycles. The molecular formula is C13H19N3O. The van der Waals surface area contributed by atoms with Crippen molar-refractivity contribution in [2.45, 2.75) is 31.6 Å². The van der Waals surface area contributed by atoms with E-state index in [0.29, 0.717) is 12.2 Å². The van der Waals surface area contributed by atoms with E-state index in [0.717, 1.165) is 25.5 Å². The Balaban J connectivity index is 1.62. The number of pyridine rings is 1. The van der Waals surface area contributed by atoms with Crippen molar-refractivity contribution in [3.63, 3.8) is 0 Å². The Kier molecular flexibility index (Phi) is 2.99. The van der Waals surface area contributed by atoms with Crippen molar-refractivity contribution >= 4 is 5.82 Å². The van der Waals surface area contributed by atoms with Crippen LogP contribution in [0.5, 0.6) is 0 Å². The maximum Gasteiger partial charge on any atom is 0.125 e. The quantitative estimate of drug-likeness (QED) is 0.858. The summed E-state index contributed by atoms with van der Waals surface area (Å²) in [4.78, 5) is 6.84. The number of hydrogen-bond acceptors (Lipinski definition) is 4. The van der Waals surface area contributed by atoms with Gasteiger partial charge in [-0.05, 0) is 24.5 Å². The predicted molar refractivity (Wildman–Crippen MR) is 67.0 cm³/mol. The largest absolute Gasteiger partial charge is 0.373 e. The van der Waals surface area contributed by atoms with Crippen LogP contribution in [-0.4, -0.2) is 42.2 Å². The molecule has 2 fully saturated rings. The molecule has 4 heteroatoms. The Morgan fingerprint density at radius 3 is 2.71 bits per heavy atom. The first-order valence-electron chi connectivity index (χ1n) is 6.34. The lowest BCUT2D eigenvalue weighted by molar-refractivity contribution is -0.0410. The molecular weight excluding hydrogens is 214 g/mol. The monoisotopic (exact) mass is 233 g/mol. The number of rotatable bonds is 3. The molecule has 0 radical (unpaired) electrons. The first-order valence-corrected chi connectivity index (χ1v) is 6.34. The number of aromatic nitrogens is 1. The minimum Gasteiger partial charge on any atom is -0.373 e. The molecule has 92 valence electrons. The number of likely N-dealkylation sites (tertiary alicyclic amines) is 1. The van der Waals surface area contributed by atoms with Gasteiger partial charge in [0.05, 0.1) is 12.2 Å². The van der Waals surface area contributed by atoms with Crippen LogP contribution in [0.3, 0.4) is 0 Å². The Bertz CT molecular complexity index is 367. The van der Waals surface area contributed by atoms with Gasteiger partial charge in [-0.25, -0.2) is 4.98 Å². The number of morpholine rings is 1. The Morgan fingerprint density at radius 1 is 1.35 bits per heavy atom. The molecule has 1 aromatic rings. The summed E-state index contributed by atoms with van der Waals surface area (Å²) in [6.45, 7) is 3.14. The fourth-order valence-electron chi connectivity index (χ4n) is 2.75. The third kappa shape index (κ3) is 2.42. The molecule has 0 amide bonds. The van der Waals surface area contributed by atoms with Gasteiger partial charge in [-0.15, -0.1) is 0 Å². The molecule has 0 aromatic carbocycles. The fourth-order valence-corrected chi connectivity index (χ4v) is 2.75. The van der Waals surface area contributed by atoms with Crippen LogP contribution in [0, 0.1) is 0 Å². The molecule has 2 aliphatic rings. The summed E-state index contributed by atoms with van der Waals surface area (Å²) in [6.07, 6.45) is 5.37. The summed E-state index contributed by atoms with van der Waals surface area (Å²) in [6, 6.07) is 4.18. The topological polar surface area (TPSA) is 37.4 Å². The molecule has 3 rings (SSSR count). The molecule has 4 nitrogen and oxygen atoms in total. The fraction of sp³-hybridized carbons (Fsp3) is 0.615. The Morgan fingerprint density at radius 2 is 2.12 bits per heavy atom. The van der Waals surface area contributed by atoms with Crippen molar-refractivity contribution in [2.75, 3.05) is 25.5 Å². The third-order valence-corrected chi connectivity index (χ3v) is 3.61. The summed E-state index contributed by atoms with van der Waals surface area (Å²) in [5.74, 6) is 0.927. The van der Waals surface area contributed by atoms with Crippen LogP contribution in [0.2, 0.25) is 0 Å². The third-order valence-electron chi connectivity index (χ3n) is 3.61. The van der Waals surface area contributed by atoms with Gasteiger partial charge >= 0.3 is 0 Å². The molecule has 2 bridgehead atoms. The summed E-state index contributed by atoms with van der Waals surface area (Å²) >= 11 is 0. The molecule has 1 N–H and O–H groups in total.